The van der Waals surface area contributed by atoms with Crippen LogP contribution < -0.4 is 25.1 Å². The van der Waals surface area contributed by atoms with E-state index in [9.17, 15) is 4.79 Å². The highest BCUT2D eigenvalue weighted by atomic mass is 16.7. The second-order valence-corrected chi connectivity index (χ2v) is 8.39. The van der Waals surface area contributed by atoms with Crippen molar-refractivity contribution in [1.82, 2.24) is 10.5 Å². The van der Waals surface area contributed by atoms with Crippen molar-refractivity contribution in [1.29, 1.82) is 0 Å². The highest BCUT2D eigenvalue weighted by Crippen LogP contribution is 2.40. The lowest BCUT2D eigenvalue weighted by Crippen LogP contribution is -2.18. The Hall–Kier alpha value is -3.58. The summed E-state index contributed by atoms with van der Waals surface area (Å²) in [6.45, 7) is 8.18. The third-order valence-electron chi connectivity index (χ3n) is 4.78. The summed E-state index contributed by atoms with van der Waals surface area (Å²) in [6.07, 6.45) is 3.30. The van der Waals surface area contributed by atoms with Crippen molar-refractivity contribution in [2.75, 3.05) is 19.5 Å². The van der Waals surface area contributed by atoms with E-state index < -0.39 is 0 Å². The molecule has 0 aliphatic rings. The average Bonchev–Trinajstić information content (AvgIpc) is 2.73. The van der Waals surface area contributed by atoms with Crippen molar-refractivity contribution in [3.8, 4) is 23.0 Å². The first-order valence-corrected chi connectivity index (χ1v) is 10.3. The molecular formula is C25H29N3O4. The van der Waals surface area contributed by atoms with Crippen molar-refractivity contribution in [2.45, 2.75) is 33.1 Å². The molecule has 3 aromatic rings. The maximum Gasteiger partial charge on any atom is 0.255 e. The van der Waals surface area contributed by atoms with Gasteiger partial charge in [-0.2, -0.15) is 5.48 Å². The maximum atomic E-state index is 13.2. The Morgan fingerprint density at radius 1 is 1.00 bits per heavy atom. The number of nitrogens with one attached hydrogen (secondary N) is 2. The van der Waals surface area contributed by atoms with E-state index in [0.717, 1.165) is 11.1 Å². The fourth-order valence-corrected chi connectivity index (χ4v) is 3.20. The average molecular weight is 436 g/mol. The summed E-state index contributed by atoms with van der Waals surface area (Å²) in [5, 5.41) is 2.97. The molecule has 0 saturated carbocycles. The van der Waals surface area contributed by atoms with Crippen LogP contribution in [0.3, 0.4) is 0 Å². The largest absolute Gasteiger partial charge is 0.491 e. The van der Waals surface area contributed by atoms with Gasteiger partial charge in [0.15, 0.2) is 11.5 Å². The number of rotatable bonds is 7. The Labute approximate surface area is 188 Å². The van der Waals surface area contributed by atoms with E-state index in [1.165, 1.54) is 7.11 Å². The number of aryl methyl sites for hydroxylation is 1. The van der Waals surface area contributed by atoms with Gasteiger partial charge >= 0.3 is 0 Å². The second kappa shape index (κ2) is 9.70. The number of aromatic nitrogens is 1. The van der Waals surface area contributed by atoms with E-state index in [0.29, 0.717) is 34.2 Å². The SMILES string of the molecule is CNOc1cc(C(C)(C)C)cc(NC(=O)c2cc(C)cc(Oc3ccncc3)c2)c1OC. The molecule has 0 aliphatic carbocycles. The molecule has 3 rings (SSSR count). The molecule has 168 valence electrons. The van der Waals surface area contributed by atoms with Gasteiger partial charge in [-0.25, -0.2) is 0 Å². The number of amides is 1. The minimum Gasteiger partial charge on any atom is -0.491 e. The number of anilines is 1. The lowest BCUT2D eigenvalue weighted by molar-refractivity contribution is 0.102. The Bertz CT molecular complexity index is 1090. The van der Waals surface area contributed by atoms with Gasteiger partial charge in [0.25, 0.3) is 5.91 Å². The number of nitrogens with zero attached hydrogens (tertiary/aromatic N) is 1. The number of carbonyl (C=O) groups excluding carboxylic acids is 1. The molecule has 32 heavy (non-hydrogen) atoms. The van der Waals surface area contributed by atoms with E-state index >= 15 is 0 Å². The van der Waals surface area contributed by atoms with Gasteiger partial charge in [0.05, 0.1) is 12.8 Å². The van der Waals surface area contributed by atoms with Gasteiger partial charge in [-0.05, 0) is 65.9 Å². The number of carbonyl (C=O) groups is 1. The number of benzene rings is 2. The van der Waals surface area contributed by atoms with Crippen LogP contribution >= 0.6 is 0 Å². The smallest absolute Gasteiger partial charge is 0.255 e. The summed E-state index contributed by atoms with van der Waals surface area (Å²) >= 11 is 0. The van der Waals surface area contributed by atoms with Crippen molar-refractivity contribution in [3.63, 3.8) is 0 Å². The number of hydrogen-bond donors (Lipinski definition) is 2. The lowest BCUT2D eigenvalue weighted by atomic mass is 9.86. The summed E-state index contributed by atoms with van der Waals surface area (Å²) in [5.74, 6) is 1.85. The van der Waals surface area contributed by atoms with Crippen LogP contribution in [-0.2, 0) is 5.41 Å². The molecule has 0 saturated heterocycles. The molecule has 0 aliphatic heterocycles. The van der Waals surface area contributed by atoms with E-state index in [-0.39, 0.29) is 11.3 Å². The number of hydrogen-bond acceptors (Lipinski definition) is 6. The minimum absolute atomic E-state index is 0.160. The first kappa shape index (κ1) is 23.1. The van der Waals surface area contributed by atoms with Gasteiger partial charge in [-0.15, -0.1) is 0 Å². The normalized spacial score (nSPS) is 11.1. The highest BCUT2D eigenvalue weighted by molar-refractivity contribution is 6.05. The van der Waals surface area contributed by atoms with Crippen LogP contribution in [0.2, 0.25) is 0 Å². The van der Waals surface area contributed by atoms with Gasteiger partial charge in [0.2, 0.25) is 0 Å². The van der Waals surface area contributed by atoms with Gasteiger partial charge in [-0.3, -0.25) is 9.78 Å². The molecule has 0 bridgehead atoms. The Morgan fingerprint density at radius 2 is 1.72 bits per heavy atom. The number of hydroxylamine groups is 1. The van der Waals surface area contributed by atoms with E-state index in [2.05, 4.69) is 36.6 Å². The zero-order chi connectivity index (χ0) is 23.3. The molecule has 1 heterocycles. The minimum atomic E-state index is -0.284. The first-order chi connectivity index (χ1) is 15.2. The second-order valence-electron chi connectivity index (χ2n) is 8.39. The molecule has 2 N–H and O–H groups in total. The van der Waals surface area contributed by atoms with Crippen LogP contribution in [0.15, 0.2) is 54.9 Å². The quantitative estimate of drug-likeness (QED) is 0.493. The van der Waals surface area contributed by atoms with Gasteiger partial charge in [0.1, 0.15) is 11.5 Å². The zero-order valence-corrected chi connectivity index (χ0v) is 19.3. The van der Waals surface area contributed by atoms with Gasteiger partial charge < -0.3 is 19.6 Å². The number of methoxy groups -OCH3 is 1. The van der Waals surface area contributed by atoms with Crippen molar-refractivity contribution >= 4 is 11.6 Å². The first-order valence-electron chi connectivity index (χ1n) is 10.3. The standard InChI is InChI=1S/C25H29N3O4/c1-16-11-17(13-20(12-16)31-19-7-9-27-10-8-19)24(29)28-21-14-18(25(2,3)4)15-22(32-26-5)23(21)30-6/h7-15,26H,1-6H3,(H,28,29). The molecule has 0 fully saturated rings. The molecule has 0 radical (unpaired) electrons. The van der Waals surface area contributed by atoms with Crippen molar-refractivity contribution in [3.05, 3.63) is 71.5 Å². The molecule has 1 aromatic heterocycles. The fraction of sp³-hybridized carbons (Fsp3) is 0.280. The third kappa shape index (κ3) is 5.56. The monoisotopic (exact) mass is 435 g/mol. The molecule has 0 atom stereocenters. The lowest BCUT2D eigenvalue weighted by Gasteiger charge is -2.23. The van der Waals surface area contributed by atoms with Gasteiger partial charge in [0, 0.05) is 25.0 Å². The molecule has 0 unspecified atom stereocenters. The summed E-state index contributed by atoms with van der Waals surface area (Å²) in [6, 6.07) is 12.7. The summed E-state index contributed by atoms with van der Waals surface area (Å²) in [7, 11) is 3.20. The predicted molar refractivity (Wildman–Crippen MR) is 125 cm³/mol. The number of ether oxygens (including phenoxy) is 2. The topological polar surface area (TPSA) is 81.7 Å². The Balaban J connectivity index is 1.95. The van der Waals surface area contributed by atoms with E-state index in [4.69, 9.17) is 14.3 Å². The Morgan fingerprint density at radius 3 is 2.34 bits per heavy atom. The van der Waals surface area contributed by atoms with Crippen molar-refractivity contribution in [2.24, 2.45) is 0 Å². The summed E-state index contributed by atoms with van der Waals surface area (Å²) in [4.78, 5) is 22.7. The zero-order valence-electron chi connectivity index (χ0n) is 19.3. The summed E-state index contributed by atoms with van der Waals surface area (Å²) < 4.78 is 11.4. The fourth-order valence-electron chi connectivity index (χ4n) is 3.20. The number of pyridine rings is 1. The van der Waals surface area contributed by atoms with Crippen LogP contribution in [0.4, 0.5) is 5.69 Å². The molecule has 7 nitrogen and oxygen atoms in total. The Kier molecular flexibility index (Phi) is 7.00. The van der Waals surface area contributed by atoms with Crippen LogP contribution in [0.5, 0.6) is 23.0 Å². The molecule has 0 spiro atoms. The van der Waals surface area contributed by atoms with Gasteiger partial charge in [-0.1, -0.05) is 20.8 Å². The van der Waals surface area contributed by atoms with Crippen LogP contribution in [0.25, 0.3) is 0 Å². The van der Waals surface area contributed by atoms with Crippen LogP contribution in [0, 0.1) is 6.92 Å². The van der Waals surface area contributed by atoms with E-state index in [1.807, 2.05) is 25.1 Å². The molecule has 1 amide bonds. The van der Waals surface area contributed by atoms with Crippen LogP contribution in [0.1, 0.15) is 42.3 Å². The third-order valence-corrected chi connectivity index (χ3v) is 4.78. The highest BCUT2D eigenvalue weighted by Gasteiger charge is 2.22. The molecule has 7 heteroatoms. The summed E-state index contributed by atoms with van der Waals surface area (Å²) in [5.41, 5.74) is 5.39. The van der Waals surface area contributed by atoms with E-state index in [1.54, 1.807) is 43.7 Å². The van der Waals surface area contributed by atoms with Crippen molar-refractivity contribution < 1.29 is 19.1 Å². The predicted octanol–water partition coefficient (Wildman–Crippen LogP) is 5.25. The maximum absolute atomic E-state index is 13.2. The molecular weight excluding hydrogens is 406 g/mol. The van der Waals surface area contributed by atoms with Crippen LogP contribution in [-0.4, -0.2) is 25.0 Å². The molecule has 2 aromatic carbocycles.